The summed E-state index contributed by atoms with van der Waals surface area (Å²) in [6, 6.07) is 11.4. The van der Waals surface area contributed by atoms with E-state index >= 15 is 0 Å². The Hall–Kier alpha value is -3.38. The zero-order chi connectivity index (χ0) is 22.1. The van der Waals surface area contributed by atoms with Gasteiger partial charge in [0.05, 0.1) is 16.8 Å². The zero-order valence-electron chi connectivity index (χ0n) is 16.7. The molecule has 8 nitrogen and oxygen atoms in total. The molecule has 8 heteroatoms. The van der Waals surface area contributed by atoms with Gasteiger partial charge in [-0.1, -0.05) is 44.7 Å². The number of carbonyl (C=O) groups is 1. The summed E-state index contributed by atoms with van der Waals surface area (Å²) in [5.41, 5.74) is 4.25. The highest BCUT2D eigenvalue weighted by Gasteiger charge is 2.42. The third-order valence-corrected chi connectivity index (χ3v) is 5.01. The first kappa shape index (κ1) is 21.3. The van der Waals surface area contributed by atoms with Gasteiger partial charge in [0.15, 0.2) is 0 Å². The third kappa shape index (κ3) is 3.86. The lowest BCUT2D eigenvalue weighted by Gasteiger charge is -2.19. The van der Waals surface area contributed by atoms with Crippen molar-refractivity contribution in [2.24, 2.45) is 0 Å². The fourth-order valence-electron chi connectivity index (χ4n) is 3.32. The van der Waals surface area contributed by atoms with Gasteiger partial charge in [-0.25, -0.2) is 5.48 Å². The molecule has 0 atom stereocenters. The molecule has 1 heterocycles. The number of nitriles is 1. The van der Waals surface area contributed by atoms with Crippen LogP contribution in [0.15, 0.2) is 42.5 Å². The van der Waals surface area contributed by atoms with Crippen LogP contribution in [-0.2, 0) is 10.6 Å². The molecule has 0 radical (unpaired) electrons. The van der Waals surface area contributed by atoms with Crippen molar-refractivity contribution in [1.29, 1.82) is 5.26 Å². The normalized spacial score (nSPS) is 13.9. The van der Waals surface area contributed by atoms with E-state index in [1.807, 2.05) is 30.3 Å². The lowest BCUT2D eigenvalue weighted by Crippen LogP contribution is -2.28. The average molecular weight is 409 g/mol. The SMILES string of the molecule is C=C(CNc1cc(-c2ccc(C(C)C)cc2)c2c(c1C#N)C(O)(O)CO2)C(=O)NO. The van der Waals surface area contributed by atoms with Crippen molar-refractivity contribution in [3.63, 3.8) is 0 Å². The number of rotatable bonds is 6. The number of aliphatic hydroxyl groups is 2. The van der Waals surface area contributed by atoms with Crippen molar-refractivity contribution in [1.82, 2.24) is 5.48 Å². The van der Waals surface area contributed by atoms with Crippen molar-refractivity contribution in [2.75, 3.05) is 18.5 Å². The Bertz CT molecular complexity index is 1040. The van der Waals surface area contributed by atoms with Gasteiger partial charge in [0.2, 0.25) is 5.79 Å². The van der Waals surface area contributed by atoms with Crippen LogP contribution >= 0.6 is 0 Å². The molecule has 2 aromatic rings. The third-order valence-electron chi connectivity index (χ3n) is 5.01. The van der Waals surface area contributed by atoms with E-state index in [9.17, 15) is 20.3 Å². The van der Waals surface area contributed by atoms with Crippen LogP contribution in [0.3, 0.4) is 0 Å². The van der Waals surface area contributed by atoms with Crippen molar-refractivity contribution >= 4 is 11.6 Å². The number of fused-ring (bicyclic) bond motifs is 1. The van der Waals surface area contributed by atoms with E-state index in [4.69, 9.17) is 9.94 Å². The summed E-state index contributed by atoms with van der Waals surface area (Å²) in [7, 11) is 0. The molecule has 0 spiro atoms. The van der Waals surface area contributed by atoms with Gasteiger partial charge in [-0.15, -0.1) is 0 Å². The second-order valence-corrected chi connectivity index (χ2v) is 7.44. The van der Waals surface area contributed by atoms with Crippen molar-refractivity contribution in [2.45, 2.75) is 25.6 Å². The Morgan fingerprint density at radius 2 is 2.00 bits per heavy atom. The quantitative estimate of drug-likeness (QED) is 0.214. The predicted molar refractivity (Wildman–Crippen MR) is 110 cm³/mol. The van der Waals surface area contributed by atoms with E-state index in [0.29, 0.717) is 11.5 Å². The summed E-state index contributed by atoms with van der Waals surface area (Å²) in [6.07, 6.45) is 0. The monoisotopic (exact) mass is 409 g/mol. The number of amides is 1. The number of ether oxygens (including phenoxy) is 1. The molecule has 0 aliphatic carbocycles. The summed E-state index contributed by atoms with van der Waals surface area (Å²) in [6.45, 7) is 7.25. The Labute approximate surface area is 174 Å². The van der Waals surface area contributed by atoms with E-state index in [2.05, 4.69) is 25.7 Å². The Kier molecular flexibility index (Phi) is 5.80. The molecule has 0 fully saturated rings. The van der Waals surface area contributed by atoms with Crippen molar-refractivity contribution in [3.05, 3.63) is 59.2 Å². The van der Waals surface area contributed by atoms with E-state index in [-0.39, 0.29) is 34.7 Å². The number of hydrogen-bond donors (Lipinski definition) is 5. The standard InChI is InChI=1S/C22H23N3O5/c1-12(2)14-4-6-15(7-5-14)16-8-18(24-10-13(3)21(26)25-29)17(9-23)19-20(16)30-11-22(19,27)28/h4-8,12,24,27-29H,3,10-11H2,1-2H3,(H,25,26). The average Bonchev–Trinajstić information content (AvgIpc) is 3.06. The summed E-state index contributed by atoms with van der Waals surface area (Å²) in [5, 5.41) is 42.2. The lowest BCUT2D eigenvalue weighted by molar-refractivity contribution is -0.174. The number of anilines is 1. The molecule has 0 unspecified atom stereocenters. The molecule has 5 N–H and O–H groups in total. The maximum absolute atomic E-state index is 11.5. The maximum atomic E-state index is 11.5. The van der Waals surface area contributed by atoms with Crippen LogP contribution in [0.5, 0.6) is 5.75 Å². The highest BCUT2D eigenvalue weighted by Crippen LogP contribution is 2.47. The first-order valence-corrected chi connectivity index (χ1v) is 9.35. The lowest BCUT2D eigenvalue weighted by atomic mass is 9.92. The van der Waals surface area contributed by atoms with Gasteiger partial charge in [0.25, 0.3) is 5.91 Å². The van der Waals surface area contributed by atoms with Crippen LogP contribution in [0.4, 0.5) is 5.69 Å². The van der Waals surface area contributed by atoms with Gasteiger partial charge < -0.3 is 20.3 Å². The molecule has 1 aliphatic heterocycles. The van der Waals surface area contributed by atoms with Gasteiger partial charge in [0.1, 0.15) is 18.4 Å². The molecule has 3 rings (SSSR count). The number of carbonyl (C=O) groups excluding carboxylic acids is 1. The second kappa shape index (κ2) is 8.16. The molecule has 1 aliphatic rings. The van der Waals surface area contributed by atoms with Gasteiger partial charge in [-0.3, -0.25) is 10.0 Å². The Morgan fingerprint density at radius 3 is 2.57 bits per heavy atom. The molecule has 0 aromatic heterocycles. The van der Waals surface area contributed by atoms with Gasteiger partial charge >= 0.3 is 0 Å². The molecule has 30 heavy (non-hydrogen) atoms. The Morgan fingerprint density at radius 1 is 1.33 bits per heavy atom. The van der Waals surface area contributed by atoms with E-state index < -0.39 is 18.3 Å². The molecule has 0 bridgehead atoms. The molecular weight excluding hydrogens is 386 g/mol. The minimum atomic E-state index is -2.33. The van der Waals surface area contributed by atoms with Crippen LogP contribution in [-0.4, -0.2) is 34.5 Å². The highest BCUT2D eigenvalue weighted by atomic mass is 16.6. The van der Waals surface area contributed by atoms with Crippen LogP contribution < -0.4 is 15.5 Å². The highest BCUT2D eigenvalue weighted by molar-refractivity contribution is 5.93. The minimum absolute atomic E-state index is 0.00717. The molecular formula is C22H23N3O5. The summed E-state index contributed by atoms with van der Waals surface area (Å²) < 4.78 is 5.56. The summed E-state index contributed by atoms with van der Waals surface area (Å²) in [4.78, 5) is 11.5. The minimum Gasteiger partial charge on any atom is -0.486 e. The van der Waals surface area contributed by atoms with E-state index in [1.54, 1.807) is 6.07 Å². The first-order chi connectivity index (χ1) is 14.2. The number of nitrogens with zero attached hydrogens (tertiary/aromatic N) is 1. The number of nitrogens with one attached hydrogen (secondary N) is 2. The zero-order valence-corrected chi connectivity index (χ0v) is 16.7. The Balaban J connectivity index is 2.11. The fourth-order valence-corrected chi connectivity index (χ4v) is 3.32. The molecule has 0 saturated heterocycles. The fraction of sp³-hybridized carbons (Fsp3) is 0.273. The van der Waals surface area contributed by atoms with E-state index in [0.717, 1.165) is 11.1 Å². The molecule has 156 valence electrons. The summed E-state index contributed by atoms with van der Waals surface area (Å²) in [5.74, 6) is -2.52. The number of hydrogen-bond acceptors (Lipinski definition) is 7. The molecule has 0 saturated carbocycles. The summed E-state index contributed by atoms with van der Waals surface area (Å²) >= 11 is 0. The largest absolute Gasteiger partial charge is 0.486 e. The van der Waals surface area contributed by atoms with Gasteiger partial charge in [0, 0.05) is 17.7 Å². The van der Waals surface area contributed by atoms with Crippen LogP contribution in [0.2, 0.25) is 0 Å². The molecule has 1 amide bonds. The number of benzene rings is 2. The number of hydroxylamine groups is 1. The van der Waals surface area contributed by atoms with Gasteiger partial charge in [-0.05, 0) is 23.1 Å². The topological polar surface area (TPSA) is 135 Å². The second-order valence-electron chi connectivity index (χ2n) is 7.44. The van der Waals surface area contributed by atoms with Crippen molar-refractivity contribution in [3.8, 4) is 22.9 Å². The molecule has 2 aromatic carbocycles. The maximum Gasteiger partial charge on any atom is 0.271 e. The van der Waals surface area contributed by atoms with Crippen LogP contribution in [0.25, 0.3) is 11.1 Å². The predicted octanol–water partition coefficient (Wildman–Crippen LogP) is 2.35. The van der Waals surface area contributed by atoms with E-state index in [1.165, 1.54) is 5.48 Å². The smallest absolute Gasteiger partial charge is 0.271 e. The van der Waals surface area contributed by atoms with Crippen molar-refractivity contribution < 1.29 is 25.0 Å². The van der Waals surface area contributed by atoms with Gasteiger partial charge in [-0.2, -0.15) is 5.26 Å². The van der Waals surface area contributed by atoms with Crippen LogP contribution in [0, 0.1) is 11.3 Å². The first-order valence-electron chi connectivity index (χ1n) is 9.35. The van der Waals surface area contributed by atoms with Crippen LogP contribution in [0.1, 0.15) is 36.5 Å².